The van der Waals surface area contributed by atoms with E-state index in [9.17, 15) is 0 Å². The average Bonchev–Trinajstić information content (AvgIpc) is 2.91. The summed E-state index contributed by atoms with van der Waals surface area (Å²) in [7, 11) is 0. The Labute approximate surface area is 156 Å². The lowest BCUT2D eigenvalue weighted by Crippen LogP contribution is -2.21. The standard InChI is InChI=1S/C12H14Br4N4O/c13-6-7(14)9(16)11-10(8(6)15)19-12(20-11)18-3-1-2-17-4-5-21/h17,21H,1-5H2,(H2,18,19,20). The Bertz CT molecular complexity index is 586. The molecule has 0 unspecified atom stereocenters. The molecule has 0 aliphatic carbocycles. The zero-order valence-electron chi connectivity index (χ0n) is 10.9. The van der Waals surface area contributed by atoms with Gasteiger partial charge in [0.15, 0.2) is 0 Å². The first-order chi connectivity index (χ1) is 10.1. The van der Waals surface area contributed by atoms with Gasteiger partial charge in [-0.1, -0.05) is 0 Å². The van der Waals surface area contributed by atoms with E-state index in [1.807, 2.05) is 0 Å². The second-order valence-electron chi connectivity index (χ2n) is 4.32. The number of H-pyrrole nitrogens is 1. The second-order valence-corrected chi connectivity index (χ2v) is 7.49. The second kappa shape index (κ2) is 8.26. The van der Waals surface area contributed by atoms with Crippen LogP contribution in [0.5, 0.6) is 0 Å². The number of aromatic nitrogens is 2. The predicted molar refractivity (Wildman–Crippen MR) is 100.0 cm³/mol. The minimum Gasteiger partial charge on any atom is -0.395 e. The van der Waals surface area contributed by atoms with E-state index in [1.54, 1.807) is 0 Å². The minimum absolute atomic E-state index is 0.169. The molecule has 1 aromatic carbocycles. The maximum absolute atomic E-state index is 8.67. The summed E-state index contributed by atoms with van der Waals surface area (Å²) in [6.45, 7) is 2.46. The first-order valence-electron chi connectivity index (χ1n) is 6.33. The van der Waals surface area contributed by atoms with Crippen LogP contribution in [0.25, 0.3) is 11.0 Å². The van der Waals surface area contributed by atoms with Gasteiger partial charge in [0, 0.05) is 22.0 Å². The van der Waals surface area contributed by atoms with Gasteiger partial charge in [-0.15, -0.1) is 0 Å². The molecule has 2 aromatic rings. The van der Waals surface area contributed by atoms with Gasteiger partial charge in [0.2, 0.25) is 5.95 Å². The molecule has 0 atom stereocenters. The molecule has 4 N–H and O–H groups in total. The van der Waals surface area contributed by atoms with Crippen LogP contribution in [0.1, 0.15) is 6.42 Å². The monoisotopic (exact) mass is 546 g/mol. The number of halogens is 4. The normalized spacial score (nSPS) is 11.3. The lowest BCUT2D eigenvalue weighted by molar-refractivity contribution is 0.292. The highest BCUT2D eigenvalue weighted by molar-refractivity contribution is 9.15. The van der Waals surface area contributed by atoms with Crippen LogP contribution in [0.2, 0.25) is 0 Å². The van der Waals surface area contributed by atoms with Crippen LogP contribution in [0, 0.1) is 0 Å². The van der Waals surface area contributed by atoms with E-state index in [1.165, 1.54) is 0 Å². The smallest absolute Gasteiger partial charge is 0.201 e. The molecular weight excluding hydrogens is 536 g/mol. The van der Waals surface area contributed by atoms with Crippen molar-refractivity contribution in [2.24, 2.45) is 0 Å². The van der Waals surface area contributed by atoms with Gasteiger partial charge in [-0.3, -0.25) is 0 Å². The predicted octanol–water partition coefficient (Wildman–Crippen LogP) is 4.00. The Balaban J connectivity index is 2.06. The zero-order valence-corrected chi connectivity index (χ0v) is 17.3. The van der Waals surface area contributed by atoms with Crippen molar-refractivity contribution in [3.63, 3.8) is 0 Å². The fraction of sp³-hybridized carbons (Fsp3) is 0.417. The number of anilines is 1. The van der Waals surface area contributed by atoms with Gasteiger partial charge in [-0.05, 0) is 76.7 Å². The van der Waals surface area contributed by atoms with Crippen molar-refractivity contribution >= 4 is 80.7 Å². The maximum atomic E-state index is 8.67. The van der Waals surface area contributed by atoms with Crippen molar-refractivity contribution in [3.05, 3.63) is 17.9 Å². The minimum atomic E-state index is 0.169. The molecule has 0 saturated carbocycles. The average molecular weight is 550 g/mol. The summed E-state index contributed by atoms with van der Waals surface area (Å²) in [6.07, 6.45) is 0.951. The number of aliphatic hydroxyl groups excluding tert-OH is 1. The first kappa shape index (κ1) is 17.7. The van der Waals surface area contributed by atoms with Crippen molar-refractivity contribution in [2.75, 3.05) is 31.6 Å². The third kappa shape index (κ3) is 4.20. The van der Waals surface area contributed by atoms with Crippen molar-refractivity contribution in [3.8, 4) is 0 Å². The van der Waals surface area contributed by atoms with Gasteiger partial charge in [-0.25, -0.2) is 4.98 Å². The molecule has 0 fully saturated rings. The number of benzene rings is 1. The van der Waals surface area contributed by atoms with Crippen molar-refractivity contribution < 1.29 is 5.11 Å². The topological polar surface area (TPSA) is 73.0 Å². The third-order valence-corrected chi connectivity index (χ3v) is 7.57. The molecule has 5 nitrogen and oxygen atoms in total. The van der Waals surface area contributed by atoms with Crippen LogP contribution in [-0.2, 0) is 0 Å². The summed E-state index contributed by atoms with van der Waals surface area (Å²) in [5.74, 6) is 0.735. The van der Waals surface area contributed by atoms with E-state index in [2.05, 4.69) is 84.3 Å². The molecule has 1 aromatic heterocycles. The highest BCUT2D eigenvalue weighted by Crippen LogP contribution is 2.42. The number of hydrogen-bond acceptors (Lipinski definition) is 4. The number of nitrogens with zero attached hydrogens (tertiary/aromatic N) is 1. The van der Waals surface area contributed by atoms with Gasteiger partial charge in [0.05, 0.1) is 21.1 Å². The van der Waals surface area contributed by atoms with E-state index in [-0.39, 0.29) is 6.61 Å². The molecular formula is C12H14Br4N4O. The van der Waals surface area contributed by atoms with Crippen molar-refractivity contribution in [1.29, 1.82) is 0 Å². The lowest BCUT2D eigenvalue weighted by atomic mass is 10.3. The SMILES string of the molecule is OCCNCCCNc1nc2c(Br)c(Br)c(Br)c(Br)c2[nH]1. The zero-order chi connectivity index (χ0) is 15.4. The Morgan fingerprint density at radius 1 is 0.952 bits per heavy atom. The van der Waals surface area contributed by atoms with E-state index in [0.29, 0.717) is 6.54 Å². The summed E-state index contributed by atoms with van der Waals surface area (Å²) >= 11 is 14.2. The molecule has 1 heterocycles. The van der Waals surface area contributed by atoms with Crippen molar-refractivity contribution in [2.45, 2.75) is 6.42 Å². The molecule has 0 radical (unpaired) electrons. The van der Waals surface area contributed by atoms with Gasteiger partial charge in [0.25, 0.3) is 0 Å². The van der Waals surface area contributed by atoms with E-state index in [4.69, 9.17) is 5.11 Å². The van der Waals surface area contributed by atoms with Crippen LogP contribution < -0.4 is 10.6 Å². The molecule has 0 amide bonds. The highest BCUT2D eigenvalue weighted by Gasteiger charge is 2.17. The molecule has 2 rings (SSSR count). The molecule has 21 heavy (non-hydrogen) atoms. The van der Waals surface area contributed by atoms with Crippen molar-refractivity contribution in [1.82, 2.24) is 15.3 Å². The van der Waals surface area contributed by atoms with E-state index in [0.717, 1.165) is 54.4 Å². The van der Waals surface area contributed by atoms with Crippen LogP contribution in [-0.4, -0.2) is 41.3 Å². The van der Waals surface area contributed by atoms with Gasteiger partial charge < -0.3 is 20.7 Å². The lowest BCUT2D eigenvalue weighted by Gasteiger charge is -2.03. The number of hydrogen-bond donors (Lipinski definition) is 4. The fourth-order valence-corrected chi connectivity index (χ4v) is 4.09. The number of imidazole rings is 1. The molecule has 0 aliphatic rings. The summed E-state index contributed by atoms with van der Waals surface area (Å²) in [6, 6.07) is 0. The van der Waals surface area contributed by atoms with Gasteiger partial charge in [0.1, 0.15) is 5.52 Å². The summed E-state index contributed by atoms with van der Waals surface area (Å²) in [4.78, 5) is 7.82. The summed E-state index contributed by atoms with van der Waals surface area (Å²) in [5.41, 5.74) is 1.79. The molecule has 0 bridgehead atoms. The van der Waals surface area contributed by atoms with Crippen LogP contribution in [0.4, 0.5) is 5.95 Å². The van der Waals surface area contributed by atoms with Gasteiger partial charge >= 0.3 is 0 Å². The third-order valence-electron chi connectivity index (χ3n) is 2.82. The first-order valence-corrected chi connectivity index (χ1v) is 9.50. The fourth-order valence-electron chi connectivity index (χ4n) is 1.81. The Morgan fingerprint density at radius 2 is 1.67 bits per heavy atom. The quantitative estimate of drug-likeness (QED) is 0.239. The number of aliphatic hydroxyl groups is 1. The van der Waals surface area contributed by atoms with Gasteiger partial charge in [-0.2, -0.15) is 0 Å². The molecule has 0 saturated heterocycles. The van der Waals surface area contributed by atoms with E-state index >= 15 is 0 Å². The molecule has 116 valence electrons. The Kier molecular flexibility index (Phi) is 6.95. The number of aromatic amines is 1. The van der Waals surface area contributed by atoms with E-state index < -0.39 is 0 Å². The highest BCUT2D eigenvalue weighted by atomic mass is 79.9. The Morgan fingerprint density at radius 3 is 2.38 bits per heavy atom. The number of nitrogens with one attached hydrogen (secondary N) is 3. The van der Waals surface area contributed by atoms with Crippen LogP contribution in [0.15, 0.2) is 17.9 Å². The van der Waals surface area contributed by atoms with Crippen LogP contribution >= 0.6 is 63.7 Å². The number of fused-ring (bicyclic) bond motifs is 1. The van der Waals surface area contributed by atoms with Crippen LogP contribution in [0.3, 0.4) is 0 Å². The Hall–Kier alpha value is 0.330. The summed E-state index contributed by atoms with van der Waals surface area (Å²) < 4.78 is 3.69. The molecule has 0 aliphatic heterocycles. The largest absolute Gasteiger partial charge is 0.395 e. The molecule has 0 spiro atoms. The molecule has 9 heteroatoms. The number of rotatable bonds is 7. The summed E-state index contributed by atoms with van der Waals surface area (Å²) in [5, 5.41) is 15.1. The maximum Gasteiger partial charge on any atom is 0.201 e.